The van der Waals surface area contributed by atoms with Crippen LogP contribution in [0.15, 0.2) is 24.3 Å². The molecule has 2 rings (SSSR count). The van der Waals surface area contributed by atoms with Crippen molar-refractivity contribution in [1.29, 1.82) is 5.26 Å². The zero-order valence-electron chi connectivity index (χ0n) is 13.2. The average molecular weight is 315 g/mol. The van der Waals surface area contributed by atoms with Crippen LogP contribution in [0.1, 0.15) is 37.7 Å². The van der Waals surface area contributed by atoms with Crippen molar-refractivity contribution >= 4 is 17.6 Å². The molecule has 0 saturated heterocycles. The fourth-order valence-corrected chi connectivity index (χ4v) is 2.89. The molecule has 1 saturated carbocycles. The van der Waals surface area contributed by atoms with Crippen molar-refractivity contribution < 1.29 is 14.3 Å². The van der Waals surface area contributed by atoms with Crippen LogP contribution >= 0.6 is 0 Å². The Morgan fingerprint density at radius 3 is 2.43 bits per heavy atom. The summed E-state index contributed by atoms with van der Waals surface area (Å²) in [6, 6.07) is 8.87. The monoisotopic (exact) mass is 315 g/mol. The van der Waals surface area contributed by atoms with Gasteiger partial charge in [-0.15, -0.1) is 0 Å². The normalized spacial score (nSPS) is 16.0. The molecular formula is C17H21N3O3. The minimum atomic E-state index is -0.892. The molecule has 0 spiro atoms. The molecule has 1 aliphatic carbocycles. The van der Waals surface area contributed by atoms with Crippen molar-refractivity contribution in [1.82, 2.24) is 5.32 Å². The second-order valence-electron chi connectivity index (χ2n) is 5.73. The Morgan fingerprint density at radius 2 is 1.87 bits per heavy atom. The molecule has 0 aromatic heterocycles. The number of carbonyl (C=O) groups is 2. The number of rotatable bonds is 5. The SMILES string of the molecule is COC(=O)C1(NC(=O)CNc2ccc(C#N)cc2)CCCCC1. The standard InChI is InChI=1S/C17H21N3O3/c1-23-16(22)17(9-3-2-4-10-17)20-15(21)12-19-14-7-5-13(11-18)6-8-14/h5-8,19H,2-4,9-10,12H2,1H3,(H,20,21). The van der Waals surface area contributed by atoms with E-state index in [0.717, 1.165) is 24.9 Å². The van der Waals surface area contributed by atoms with E-state index in [1.165, 1.54) is 7.11 Å². The molecule has 1 aromatic rings. The zero-order valence-corrected chi connectivity index (χ0v) is 13.2. The predicted octanol–water partition coefficient (Wildman–Crippen LogP) is 1.96. The molecule has 1 amide bonds. The van der Waals surface area contributed by atoms with Crippen molar-refractivity contribution in [2.75, 3.05) is 19.0 Å². The number of anilines is 1. The first-order valence-electron chi connectivity index (χ1n) is 7.73. The van der Waals surface area contributed by atoms with E-state index in [4.69, 9.17) is 10.00 Å². The van der Waals surface area contributed by atoms with E-state index in [1.54, 1.807) is 24.3 Å². The molecule has 1 fully saturated rings. The first kappa shape index (κ1) is 16.8. The van der Waals surface area contributed by atoms with Gasteiger partial charge in [-0.3, -0.25) is 4.79 Å². The summed E-state index contributed by atoms with van der Waals surface area (Å²) in [6.45, 7) is 0.0602. The molecule has 0 aliphatic heterocycles. The number of hydrogen-bond acceptors (Lipinski definition) is 5. The molecular weight excluding hydrogens is 294 g/mol. The van der Waals surface area contributed by atoms with Gasteiger partial charge in [-0.25, -0.2) is 4.79 Å². The maximum absolute atomic E-state index is 12.2. The zero-order chi connectivity index (χ0) is 16.7. The second-order valence-corrected chi connectivity index (χ2v) is 5.73. The van der Waals surface area contributed by atoms with Crippen molar-refractivity contribution in [2.45, 2.75) is 37.6 Å². The van der Waals surface area contributed by atoms with Gasteiger partial charge < -0.3 is 15.4 Å². The average Bonchev–Trinajstić information content (AvgIpc) is 2.60. The van der Waals surface area contributed by atoms with Gasteiger partial charge in [0, 0.05) is 5.69 Å². The number of nitrogens with zero attached hydrogens (tertiary/aromatic N) is 1. The number of hydrogen-bond donors (Lipinski definition) is 2. The number of esters is 1. The van der Waals surface area contributed by atoms with Crippen LogP contribution in [0.3, 0.4) is 0 Å². The predicted molar refractivity (Wildman–Crippen MR) is 85.6 cm³/mol. The van der Waals surface area contributed by atoms with Gasteiger partial charge in [0.1, 0.15) is 5.54 Å². The smallest absolute Gasteiger partial charge is 0.331 e. The van der Waals surface area contributed by atoms with E-state index in [-0.39, 0.29) is 18.4 Å². The maximum Gasteiger partial charge on any atom is 0.331 e. The second kappa shape index (κ2) is 7.63. The Hall–Kier alpha value is -2.55. The van der Waals surface area contributed by atoms with Crippen molar-refractivity contribution in [3.63, 3.8) is 0 Å². The van der Waals surface area contributed by atoms with Crippen LogP contribution in [0.25, 0.3) is 0 Å². The number of nitriles is 1. The van der Waals surface area contributed by atoms with Gasteiger partial charge in [-0.1, -0.05) is 19.3 Å². The minimum Gasteiger partial charge on any atom is -0.467 e. The van der Waals surface area contributed by atoms with Gasteiger partial charge in [0.2, 0.25) is 5.91 Å². The summed E-state index contributed by atoms with van der Waals surface area (Å²) in [5.41, 5.74) is 0.415. The molecule has 6 heteroatoms. The van der Waals surface area contributed by atoms with E-state index in [0.29, 0.717) is 18.4 Å². The number of methoxy groups -OCH3 is 1. The lowest BCUT2D eigenvalue weighted by molar-refractivity contribution is -0.152. The van der Waals surface area contributed by atoms with Gasteiger partial charge >= 0.3 is 5.97 Å². The number of carbonyl (C=O) groups excluding carboxylic acids is 2. The number of nitrogens with one attached hydrogen (secondary N) is 2. The lowest BCUT2D eigenvalue weighted by Gasteiger charge is -2.35. The molecule has 0 radical (unpaired) electrons. The van der Waals surface area contributed by atoms with E-state index in [2.05, 4.69) is 10.6 Å². The molecule has 0 atom stereocenters. The third-order valence-electron chi connectivity index (χ3n) is 4.13. The number of amides is 1. The Kier molecular flexibility index (Phi) is 5.58. The third kappa shape index (κ3) is 4.22. The van der Waals surface area contributed by atoms with E-state index < -0.39 is 5.54 Å². The summed E-state index contributed by atoms with van der Waals surface area (Å²) in [5.74, 6) is -0.620. The molecule has 2 N–H and O–H groups in total. The molecule has 122 valence electrons. The Bertz CT molecular complexity index is 599. The summed E-state index contributed by atoms with van der Waals surface area (Å²) < 4.78 is 4.88. The highest BCUT2D eigenvalue weighted by Gasteiger charge is 2.41. The summed E-state index contributed by atoms with van der Waals surface area (Å²) in [6.07, 6.45) is 4.10. The Labute approximate surface area is 135 Å². The fraction of sp³-hybridized carbons (Fsp3) is 0.471. The third-order valence-corrected chi connectivity index (χ3v) is 4.13. The van der Waals surface area contributed by atoms with Crippen molar-refractivity contribution in [3.8, 4) is 6.07 Å². The molecule has 1 aliphatic rings. The topological polar surface area (TPSA) is 91.2 Å². The Morgan fingerprint density at radius 1 is 1.22 bits per heavy atom. The van der Waals surface area contributed by atoms with Gasteiger partial charge in [0.25, 0.3) is 0 Å². The van der Waals surface area contributed by atoms with Crippen molar-refractivity contribution in [2.24, 2.45) is 0 Å². The van der Waals surface area contributed by atoms with Crippen LogP contribution in [-0.2, 0) is 14.3 Å². The molecule has 0 unspecified atom stereocenters. The van der Waals surface area contributed by atoms with Gasteiger partial charge in [-0.2, -0.15) is 5.26 Å². The molecule has 0 bridgehead atoms. The van der Waals surface area contributed by atoms with E-state index in [9.17, 15) is 9.59 Å². The number of ether oxygens (including phenoxy) is 1. The lowest BCUT2D eigenvalue weighted by Crippen LogP contribution is -2.57. The Balaban J connectivity index is 1.93. The van der Waals surface area contributed by atoms with E-state index in [1.807, 2.05) is 6.07 Å². The van der Waals surface area contributed by atoms with Gasteiger partial charge in [-0.05, 0) is 37.1 Å². The van der Waals surface area contributed by atoms with Crippen LogP contribution in [0.5, 0.6) is 0 Å². The van der Waals surface area contributed by atoms with Crippen LogP contribution in [0.2, 0.25) is 0 Å². The van der Waals surface area contributed by atoms with Crippen LogP contribution in [0, 0.1) is 11.3 Å². The summed E-state index contributed by atoms with van der Waals surface area (Å²) in [5, 5.41) is 14.6. The lowest BCUT2D eigenvalue weighted by atomic mass is 9.81. The highest BCUT2D eigenvalue weighted by atomic mass is 16.5. The largest absolute Gasteiger partial charge is 0.467 e. The number of benzene rings is 1. The highest BCUT2D eigenvalue weighted by molar-refractivity contribution is 5.89. The molecule has 6 nitrogen and oxygen atoms in total. The van der Waals surface area contributed by atoms with E-state index >= 15 is 0 Å². The van der Waals surface area contributed by atoms with Crippen LogP contribution in [-0.4, -0.2) is 31.1 Å². The quantitative estimate of drug-likeness (QED) is 0.811. The first-order valence-corrected chi connectivity index (χ1v) is 7.73. The molecule has 23 heavy (non-hydrogen) atoms. The first-order chi connectivity index (χ1) is 11.1. The summed E-state index contributed by atoms with van der Waals surface area (Å²) in [4.78, 5) is 24.3. The molecule has 1 aromatic carbocycles. The maximum atomic E-state index is 12.2. The fourth-order valence-electron chi connectivity index (χ4n) is 2.89. The van der Waals surface area contributed by atoms with Crippen LogP contribution in [0.4, 0.5) is 5.69 Å². The minimum absolute atomic E-state index is 0.0602. The van der Waals surface area contributed by atoms with Crippen LogP contribution < -0.4 is 10.6 Å². The van der Waals surface area contributed by atoms with Gasteiger partial charge in [0.05, 0.1) is 25.3 Å². The van der Waals surface area contributed by atoms with Gasteiger partial charge in [0.15, 0.2) is 0 Å². The summed E-state index contributed by atoms with van der Waals surface area (Å²) in [7, 11) is 1.35. The van der Waals surface area contributed by atoms with Crippen molar-refractivity contribution in [3.05, 3.63) is 29.8 Å². The molecule has 0 heterocycles. The highest BCUT2D eigenvalue weighted by Crippen LogP contribution is 2.29. The summed E-state index contributed by atoms with van der Waals surface area (Å²) >= 11 is 0.